The van der Waals surface area contributed by atoms with Crippen molar-refractivity contribution in [2.24, 2.45) is 0 Å². The molecular formula is C19H21NO3. The van der Waals surface area contributed by atoms with Crippen LogP contribution in [0.1, 0.15) is 27.9 Å². The molecule has 23 heavy (non-hydrogen) atoms. The number of benzene rings is 2. The van der Waals surface area contributed by atoms with Crippen LogP contribution >= 0.6 is 0 Å². The van der Waals surface area contributed by atoms with Gasteiger partial charge in [0.25, 0.3) is 5.91 Å². The van der Waals surface area contributed by atoms with E-state index in [1.807, 2.05) is 37.3 Å². The molecule has 4 nitrogen and oxygen atoms in total. The summed E-state index contributed by atoms with van der Waals surface area (Å²) in [6, 6.07) is 17.2. The van der Waals surface area contributed by atoms with Crippen molar-refractivity contribution in [3.8, 4) is 0 Å². The Bertz CT molecular complexity index is 653. The second-order valence-electron chi connectivity index (χ2n) is 5.33. The summed E-state index contributed by atoms with van der Waals surface area (Å²) < 4.78 is 5.04. The van der Waals surface area contributed by atoms with Crippen LogP contribution in [0.2, 0.25) is 0 Å². The summed E-state index contributed by atoms with van der Waals surface area (Å²) >= 11 is 0. The number of esters is 1. The topological polar surface area (TPSA) is 55.4 Å². The van der Waals surface area contributed by atoms with Gasteiger partial charge in [0.15, 0.2) is 6.61 Å². The van der Waals surface area contributed by atoms with E-state index < -0.39 is 5.97 Å². The SMILES string of the molecule is Cc1ccccc1C(=O)OCC(=O)NCCCc1ccccc1. The van der Waals surface area contributed by atoms with E-state index in [2.05, 4.69) is 17.4 Å². The summed E-state index contributed by atoms with van der Waals surface area (Å²) in [6.45, 7) is 2.15. The van der Waals surface area contributed by atoms with Crippen LogP contribution in [0.5, 0.6) is 0 Å². The fourth-order valence-corrected chi connectivity index (χ4v) is 2.23. The van der Waals surface area contributed by atoms with Gasteiger partial charge in [-0.25, -0.2) is 4.79 Å². The highest BCUT2D eigenvalue weighted by Gasteiger charge is 2.11. The van der Waals surface area contributed by atoms with Crippen LogP contribution in [0, 0.1) is 6.92 Å². The van der Waals surface area contributed by atoms with Crippen LogP contribution < -0.4 is 5.32 Å². The van der Waals surface area contributed by atoms with Crippen molar-refractivity contribution in [1.29, 1.82) is 0 Å². The molecule has 0 aromatic heterocycles. The third kappa shape index (κ3) is 5.58. The van der Waals surface area contributed by atoms with E-state index in [1.165, 1.54) is 5.56 Å². The number of nitrogens with one attached hydrogen (secondary N) is 1. The Balaban J connectivity index is 1.65. The van der Waals surface area contributed by atoms with Gasteiger partial charge >= 0.3 is 5.97 Å². The van der Waals surface area contributed by atoms with Gasteiger partial charge in [0.2, 0.25) is 0 Å². The first kappa shape index (κ1) is 16.7. The summed E-state index contributed by atoms with van der Waals surface area (Å²) in [6.07, 6.45) is 1.76. The third-order valence-electron chi connectivity index (χ3n) is 3.51. The molecule has 2 rings (SSSR count). The minimum atomic E-state index is -0.470. The van der Waals surface area contributed by atoms with E-state index in [1.54, 1.807) is 12.1 Å². The Kier molecular flexibility index (Phi) is 6.36. The van der Waals surface area contributed by atoms with E-state index in [4.69, 9.17) is 4.74 Å². The van der Waals surface area contributed by atoms with Crippen molar-refractivity contribution in [3.05, 3.63) is 71.3 Å². The molecule has 0 aliphatic carbocycles. The molecule has 1 N–H and O–H groups in total. The minimum absolute atomic E-state index is 0.251. The molecule has 0 saturated heterocycles. The Hall–Kier alpha value is -2.62. The van der Waals surface area contributed by atoms with E-state index in [0.29, 0.717) is 12.1 Å². The zero-order chi connectivity index (χ0) is 16.5. The zero-order valence-corrected chi connectivity index (χ0v) is 13.2. The number of ether oxygens (including phenoxy) is 1. The third-order valence-corrected chi connectivity index (χ3v) is 3.51. The predicted molar refractivity (Wildman–Crippen MR) is 89.2 cm³/mol. The van der Waals surface area contributed by atoms with Gasteiger partial charge in [-0.15, -0.1) is 0 Å². The molecule has 2 aromatic carbocycles. The quantitative estimate of drug-likeness (QED) is 0.632. The summed E-state index contributed by atoms with van der Waals surface area (Å²) in [5, 5.41) is 2.76. The molecule has 1 amide bonds. The van der Waals surface area contributed by atoms with Crippen LogP contribution in [0.25, 0.3) is 0 Å². The Morgan fingerprint density at radius 3 is 2.43 bits per heavy atom. The first-order valence-corrected chi connectivity index (χ1v) is 7.70. The average Bonchev–Trinajstić information content (AvgIpc) is 2.58. The lowest BCUT2D eigenvalue weighted by Crippen LogP contribution is -2.29. The van der Waals surface area contributed by atoms with E-state index in [-0.39, 0.29) is 12.5 Å². The van der Waals surface area contributed by atoms with Gasteiger partial charge in [-0.2, -0.15) is 0 Å². The lowest BCUT2D eigenvalue weighted by molar-refractivity contribution is -0.124. The summed E-state index contributed by atoms with van der Waals surface area (Å²) in [5.41, 5.74) is 2.57. The predicted octanol–water partition coefficient (Wildman–Crippen LogP) is 2.90. The Labute approximate surface area is 136 Å². The fraction of sp³-hybridized carbons (Fsp3) is 0.263. The van der Waals surface area contributed by atoms with Crippen LogP contribution in [-0.2, 0) is 16.0 Å². The smallest absolute Gasteiger partial charge is 0.338 e. The fourth-order valence-electron chi connectivity index (χ4n) is 2.23. The molecule has 0 heterocycles. The summed E-state index contributed by atoms with van der Waals surface area (Å²) in [7, 11) is 0. The van der Waals surface area contributed by atoms with Crippen molar-refractivity contribution in [2.75, 3.05) is 13.2 Å². The van der Waals surface area contributed by atoms with Gasteiger partial charge in [0.05, 0.1) is 5.56 Å². The number of amides is 1. The second-order valence-corrected chi connectivity index (χ2v) is 5.33. The largest absolute Gasteiger partial charge is 0.452 e. The molecule has 0 spiro atoms. The highest BCUT2D eigenvalue weighted by molar-refractivity contribution is 5.92. The van der Waals surface area contributed by atoms with E-state index in [0.717, 1.165) is 18.4 Å². The molecule has 0 radical (unpaired) electrons. The molecule has 0 atom stereocenters. The molecule has 0 saturated carbocycles. The highest BCUT2D eigenvalue weighted by Crippen LogP contribution is 2.08. The number of hydrogen-bond acceptors (Lipinski definition) is 3. The molecule has 0 bridgehead atoms. The molecular weight excluding hydrogens is 290 g/mol. The summed E-state index contributed by atoms with van der Waals surface area (Å²) in [5.74, 6) is -0.748. The van der Waals surface area contributed by atoms with Gasteiger partial charge in [-0.05, 0) is 37.0 Å². The van der Waals surface area contributed by atoms with Gasteiger partial charge < -0.3 is 10.1 Å². The van der Waals surface area contributed by atoms with Crippen LogP contribution in [0.4, 0.5) is 0 Å². The molecule has 0 aliphatic rings. The summed E-state index contributed by atoms with van der Waals surface area (Å²) in [4.78, 5) is 23.6. The Morgan fingerprint density at radius 1 is 1.00 bits per heavy atom. The van der Waals surface area contributed by atoms with E-state index >= 15 is 0 Å². The van der Waals surface area contributed by atoms with E-state index in [9.17, 15) is 9.59 Å². The Morgan fingerprint density at radius 2 is 1.70 bits per heavy atom. The second kappa shape index (κ2) is 8.73. The lowest BCUT2D eigenvalue weighted by atomic mass is 10.1. The number of hydrogen-bond donors (Lipinski definition) is 1. The first-order valence-electron chi connectivity index (χ1n) is 7.70. The first-order chi connectivity index (χ1) is 11.2. The maximum absolute atomic E-state index is 11.9. The minimum Gasteiger partial charge on any atom is -0.452 e. The van der Waals surface area contributed by atoms with Crippen molar-refractivity contribution in [3.63, 3.8) is 0 Å². The van der Waals surface area contributed by atoms with Crippen molar-refractivity contribution in [1.82, 2.24) is 5.32 Å². The van der Waals surface area contributed by atoms with Gasteiger partial charge in [-0.1, -0.05) is 48.5 Å². The number of aryl methyl sites for hydroxylation is 2. The van der Waals surface area contributed by atoms with Gasteiger partial charge in [0, 0.05) is 6.54 Å². The van der Waals surface area contributed by atoms with Crippen molar-refractivity contribution < 1.29 is 14.3 Å². The maximum Gasteiger partial charge on any atom is 0.338 e. The van der Waals surface area contributed by atoms with Crippen LogP contribution in [0.15, 0.2) is 54.6 Å². The standard InChI is InChI=1S/C19H21NO3/c1-15-8-5-6-12-17(15)19(22)23-14-18(21)20-13-7-11-16-9-3-2-4-10-16/h2-6,8-10,12H,7,11,13-14H2,1H3,(H,20,21). The monoisotopic (exact) mass is 311 g/mol. The molecule has 4 heteroatoms. The maximum atomic E-state index is 11.9. The number of rotatable bonds is 7. The molecule has 0 unspecified atom stereocenters. The van der Waals surface area contributed by atoms with Gasteiger partial charge in [-0.3, -0.25) is 4.79 Å². The molecule has 2 aromatic rings. The lowest BCUT2D eigenvalue weighted by Gasteiger charge is -2.08. The van der Waals surface area contributed by atoms with Gasteiger partial charge in [0.1, 0.15) is 0 Å². The van der Waals surface area contributed by atoms with Crippen LogP contribution in [0.3, 0.4) is 0 Å². The molecule has 120 valence electrons. The normalized spacial score (nSPS) is 10.1. The van der Waals surface area contributed by atoms with Crippen LogP contribution in [-0.4, -0.2) is 25.0 Å². The molecule has 0 fully saturated rings. The zero-order valence-electron chi connectivity index (χ0n) is 13.2. The van der Waals surface area contributed by atoms with Crippen molar-refractivity contribution >= 4 is 11.9 Å². The number of carbonyl (C=O) groups excluding carboxylic acids is 2. The van der Waals surface area contributed by atoms with Crippen molar-refractivity contribution in [2.45, 2.75) is 19.8 Å². The average molecular weight is 311 g/mol. The number of carbonyl (C=O) groups is 2. The molecule has 0 aliphatic heterocycles. The highest BCUT2D eigenvalue weighted by atomic mass is 16.5.